The number of hydrogen-bond acceptors (Lipinski definition) is 6. The van der Waals surface area contributed by atoms with Crippen LogP contribution in [-0.4, -0.2) is 44.5 Å². The number of rotatable bonds is 2. The van der Waals surface area contributed by atoms with Crippen molar-refractivity contribution in [2.24, 2.45) is 5.92 Å². The highest BCUT2D eigenvalue weighted by Crippen LogP contribution is 2.24. The summed E-state index contributed by atoms with van der Waals surface area (Å²) in [6.45, 7) is 8.75. The van der Waals surface area contributed by atoms with Crippen LogP contribution in [0.3, 0.4) is 0 Å². The number of nitrogens with one attached hydrogen (secondary N) is 1. The van der Waals surface area contributed by atoms with Crippen molar-refractivity contribution in [3.63, 3.8) is 0 Å². The SMILES string of the molecule is CCOC(=O)N[C@@]1(C)C(=O)OC#C[Si](C)(C)COC(=O)CC1C. The Morgan fingerprint density at radius 3 is 2.74 bits per heavy atom. The molecule has 1 amide bonds. The fourth-order valence-electron chi connectivity index (χ4n) is 1.88. The second-order valence-corrected chi connectivity index (χ2v) is 10.6. The number of amides is 1. The Labute approximate surface area is 137 Å². The third-order valence-corrected chi connectivity index (χ3v) is 5.29. The summed E-state index contributed by atoms with van der Waals surface area (Å²) in [6, 6.07) is 0. The van der Waals surface area contributed by atoms with Gasteiger partial charge in [0.25, 0.3) is 0 Å². The molecule has 0 bridgehead atoms. The quantitative estimate of drug-likeness (QED) is 0.353. The van der Waals surface area contributed by atoms with Crippen LogP contribution in [0.4, 0.5) is 4.79 Å². The van der Waals surface area contributed by atoms with Gasteiger partial charge in [-0.3, -0.25) is 4.79 Å². The number of ether oxygens (including phenoxy) is 3. The predicted molar refractivity (Wildman–Crippen MR) is 84.7 cm³/mol. The third-order valence-electron chi connectivity index (χ3n) is 3.65. The molecule has 0 aromatic rings. The van der Waals surface area contributed by atoms with Crippen LogP contribution in [-0.2, 0) is 23.8 Å². The molecule has 7 nitrogen and oxygen atoms in total. The van der Waals surface area contributed by atoms with Gasteiger partial charge in [-0.15, -0.1) is 0 Å². The van der Waals surface area contributed by atoms with E-state index in [1.54, 1.807) is 13.8 Å². The minimum absolute atomic E-state index is 0.0392. The van der Waals surface area contributed by atoms with E-state index in [-0.39, 0.29) is 19.3 Å². The van der Waals surface area contributed by atoms with Gasteiger partial charge in [-0.05, 0) is 13.8 Å². The largest absolute Gasteiger partial charge is 0.468 e. The molecule has 1 aliphatic heterocycles. The van der Waals surface area contributed by atoms with E-state index in [0.717, 1.165) is 0 Å². The van der Waals surface area contributed by atoms with E-state index in [2.05, 4.69) is 17.0 Å². The van der Waals surface area contributed by atoms with E-state index >= 15 is 0 Å². The first kappa shape index (κ1) is 19.0. The van der Waals surface area contributed by atoms with Crippen molar-refractivity contribution in [2.45, 2.75) is 45.8 Å². The molecule has 1 aliphatic rings. The second kappa shape index (κ2) is 7.50. The number of cyclic esters (lactones) is 2. The monoisotopic (exact) mass is 341 g/mol. The average molecular weight is 341 g/mol. The molecule has 1 rings (SSSR count). The van der Waals surface area contributed by atoms with Gasteiger partial charge in [0.05, 0.1) is 19.3 Å². The van der Waals surface area contributed by atoms with Crippen molar-refractivity contribution in [2.75, 3.05) is 12.8 Å². The molecule has 2 atom stereocenters. The molecular formula is C15H23NO6Si. The normalized spacial score (nSPS) is 27.4. The van der Waals surface area contributed by atoms with Gasteiger partial charge >= 0.3 is 18.0 Å². The van der Waals surface area contributed by atoms with Crippen LogP contribution in [0.5, 0.6) is 0 Å². The molecular weight excluding hydrogens is 318 g/mol. The first-order chi connectivity index (χ1) is 10.6. The summed E-state index contributed by atoms with van der Waals surface area (Å²) in [5.74, 6) is -1.73. The van der Waals surface area contributed by atoms with Crippen LogP contribution in [0, 0.1) is 17.6 Å². The van der Waals surface area contributed by atoms with Crippen molar-refractivity contribution in [1.82, 2.24) is 5.32 Å². The van der Waals surface area contributed by atoms with E-state index in [4.69, 9.17) is 14.2 Å². The van der Waals surface area contributed by atoms with Crippen molar-refractivity contribution in [1.29, 1.82) is 0 Å². The Morgan fingerprint density at radius 2 is 2.13 bits per heavy atom. The minimum Gasteiger partial charge on any atom is -0.468 e. The summed E-state index contributed by atoms with van der Waals surface area (Å²) < 4.78 is 15.1. The molecule has 1 N–H and O–H groups in total. The van der Waals surface area contributed by atoms with Gasteiger partial charge in [0.1, 0.15) is 11.6 Å². The second-order valence-electron chi connectivity index (χ2n) is 6.31. The molecule has 128 valence electrons. The van der Waals surface area contributed by atoms with Gasteiger partial charge in [0, 0.05) is 5.92 Å². The topological polar surface area (TPSA) is 90.9 Å². The Hall–Kier alpha value is -2.01. The molecule has 0 aliphatic carbocycles. The fraction of sp³-hybridized carbons (Fsp3) is 0.667. The van der Waals surface area contributed by atoms with Gasteiger partial charge in [0.15, 0.2) is 8.07 Å². The Morgan fingerprint density at radius 1 is 1.48 bits per heavy atom. The highest BCUT2D eigenvalue weighted by Gasteiger charge is 2.44. The average Bonchev–Trinajstić information content (AvgIpc) is 2.45. The van der Waals surface area contributed by atoms with E-state index in [0.29, 0.717) is 0 Å². The van der Waals surface area contributed by atoms with Crippen molar-refractivity contribution >= 4 is 26.1 Å². The van der Waals surface area contributed by atoms with Crippen LogP contribution in [0.2, 0.25) is 13.1 Å². The molecule has 0 fully saturated rings. The maximum atomic E-state index is 12.4. The lowest BCUT2D eigenvalue weighted by molar-refractivity contribution is -0.148. The molecule has 8 heteroatoms. The summed E-state index contributed by atoms with van der Waals surface area (Å²) in [5, 5.41) is 2.47. The molecule has 23 heavy (non-hydrogen) atoms. The summed E-state index contributed by atoms with van der Waals surface area (Å²) >= 11 is 0. The zero-order chi connectivity index (χ0) is 17.7. The number of carbonyl (C=O) groups excluding carboxylic acids is 3. The lowest BCUT2D eigenvalue weighted by Crippen LogP contribution is -2.57. The minimum atomic E-state index is -2.13. The van der Waals surface area contributed by atoms with Gasteiger partial charge in [-0.2, -0.15) is 0 Å². The van der Waals surface area contributed by atoms with E-state index in [9.17, 15) is 14.4 Å². The lowest BCUT2D eigenvalue weighted by atomic mass is 9.84. The predicted octanol–water partition coefficient (Wildman–Crippen LogP) is 1.37. The molecule has 1 unspecified atom stereocenters. The maximum absolute atomic E-state index is 12.4. The van der Waals surface area contributed by atoms with Crippen LogP contribution in [0.15, 0.2) is 0 Å². The first-order valence-corrected chi connectivity index (χ1v) is 10.7. The summed E-state index contributed by atoms with van der Waals surface area (Å²) in [7, 11) is -2.13. The van der Waals surface area contributed by atoms with Crippen LogP contribution in [0.1, 0.15) is 27.2 Å². The van der Waals surface area contributed by atoms with Gasteiger partial charge in [-0.25, -0.2) is 9.59 Å². The lowest BCUT2D eigenvalue weighted by Gasteiger charge is -2.32. The Balaban J connectivity index is 3.10. The zero-order valence-corrected chi connectivity index (χ0v) is 15.1. The molecule has 0 saturated heterocycles. The van der Waals surface area contributed by atoms with Gasteiger partial charge in [0.2, 0.25) is 0 Å². The van der Waals surface area contributed by atoms with E-state index < -0.39 is 37.6 Å². The Bertz CT molecular complexity index is 550. The molecule has 0 aromatic heterocycles. The zero-order valence-electron chi connectivity index (χ0n) is 14.1. The summed E-state index contributed by atoms with van der Waals surface area (Å²) in [4.78, 5) is 36.1. The van der Waals surface area contributed by atoms with Crippen LogP contribution < -0.4 is 5.32 Å². The number of esters is 2. The van der Waals surface area contributed by atoms with Crippen molar-refractivity contribution in [3.05, 3.63) is 0 Å². The smallest absolute Gasteiger partial charge is 0.408 e. The molecule has 0 radical (unpaired) electrons. The summed E-state index contributed by atoms with van der Waals surface area (Å²) in [6.07, 6.45) is 1.83. The van der Waals surface area contributed by atoms with Gasteiger partial charge in [-0.1, -0.05) is 25.6 Å². The number of hydrogen-bond donors (Lipinski definition) is 1. The number of alkyl carbamates (subject to hydrolysis) is 1. The van der Waals surface area contributed by atoms with Crippen molar-refractivity contribution in [3.8, 4) is 11.7 Å². The highest BCUT2D eigenvalue weighted by molar-refractivity contribution is 6.85. The molecule has 0 saturated carbocycles. The van der Waals surface area contributed by atoms with E-state index in [1.807, 2.05) is 13.1 Å². The van der Waals surface area contributed by atoms with Crippen LogP contribution in [0.25, 0.3) is 0 Å². The third kappa shape index (κ3) is 5.28. The molecule has 1 heterocycles. The molecule has 0 spiro atoms. The number of carbonyl (C=O) groups is 3. The highest BCUT2D eigenvalue weighted by atomic mass is 28.3. The van der Waals surface area contributed by atoms with Gasteiger partial charge < -0.3 is 19.5 Å². The van der Waals surface area contributed by atoms with E-state index in [1.165, 1.54) is 6.92 Å². The standard InChI is InChI=1S/C15H23NO6Si/c1-6-20-14(19)16-15(3)11(2)9-12(17)22-10-23(4,5)8-7-21-13(15)18/h11H,6,9-10H2,1-5H3,(H,16,19)/t11?,15-/m1/s1. The fourth-order valence-corrected chi connectivity index (χ4v) is 2.80. The molecule has 0 aromatic carbocycles. The van der Waals surface area contributed by atoms with Crippen molar-refractivity contribution < 1.29 is 28.6 Å². The van der Waals surface area contributed by atoms with Crippen LogP contribution >= 0.6 is 0 Å². The Kier molecular flexibility index (Phi) is 6.21. The first-order valence-electron chi connectivity index (χ1n) is 7.44. The summed E-state index contributed by atoms with van der Waals surface area (Å²) in [5.41, 5.74) is 1.41. The maximum Gasteiger partial charge on any atom is 0.408 e.